The molecule has 0 spiro atoms. The molecule has 1 N–H and O–H groups in total. The third-order valence-corrected chi connectivity index (χ3v) is 8.97. The van der Waals surface area contributed by atoms with Gasteiger partial charge in [0.05, 0.1) is 27.7 Å². The fourth-order valence-electron chi connectivity index (χ4n) is 5.03. The van der Waals surface area contributed by atoms with Crippen LogP contribution < -0.4 is 10.1 Å². The van der Waals surface area contributed by atoms with Crippen molar-refractivity contribution in [3.8, 4) is 5.75 Å². The fraction of sp³-hybridized carbons (Fsp3) is 0.353. The monoisotopic (exact) mass is 527 g/mol. The number of nitrogens with one attached hydrogen (secondary N) is 1. The summed E-state index contributed by atoms with van der Waals surface area (Å²) in [4.78, 5) is 1.88. The SMILES string of the molecule is COc1ccc(N[C@H](C)c2ccc3ccccc3c2S(=O)c2c(C(C)C)cc(C(C)C)cc2C(C)C)cc1. The van der Waals surface area contributed by atoms with Gasteiger partial charge in [-0.15, -0.1) is 0 Å². The van der Waals surface area contributed by atoms with Crippen molar-refractivity contribution < 1.29 is 8.95 Å². The van der Waals surface area contributed by atoms with E-state index in [1.807, 2.05) is 36.4 Å². The second-order valence-electron chi connectivity index (χ2n) is 11.1. The Hall–Kier alpha value is -3.11. The van der Waals surface area contributed by atoms with Crippen molar-refractivity contribution in [1.29, 1.82) is 0 Å². The topological polar surface area (TPSA) is 38.3 Å². The number of methoxy groups -OCH3 is 1. The summed E-state index contributed by atoms with van der Waals surface area (Å²) in [6, 6.07) is 25.1. The predicted molar refractivity (Wildman–Crippen MR) is 162 cm³/mol. The summed E-state index contributed by atoms with van der Waals surface area (Å²) in [5, 5.41) is 5.78. The summed E-state index contributed by atoms with van der Waals surface area (Å²) in [6.07, 6.45) is 0. The summed E-state index contributed by atoms with van der Waals surface area (Å²) in [5.74, 6) is 1.76. The van der Waals surface area contributed by atoms with Crippen molar-refractivity contribution in [1.82, 2.24) is 0 Å². The maximum atomic E-state index is 14.9. The molecule has 1 unspecified atom stereocenters. The molecule has 0 heterocycles. The van der Waals surface area contributed by atoms with E-state index in [1.54, 1.807) is 7.11 Å². The Kier molecular flexibility index (Phi) is 8.62. The molecule has 0 bridgehead atoms. The highest BCUT2D eigenvalue weighted by Gasteiger charge is 2.26. The molecule has 0 radical (unpaired) electrons. The van der Waals surface area contributed by atoms with Gasteiger partial charge in [0, 0.05) is 11.7 Å². The van der Waals surface area contributed by atoms with Gasteiger partial charge in [-0.1, -0.05) is 90.1 Å². The van der Waals surface area contributed by atoms with Gasteiger partial charge in [-0.3, -0.25) is 0 Å². The first-order valence-electron chi connectivity index (χ1n) is 13.6. The molecule has 4 rings (SSSR count). The number of hydrogen-bond acceptors (Lipinski definition) is 3. The molecule has 2 atom stereocenters. The van der Waals surface area contributed by atoms with Crippen LogP contribution in [0.15, 0.2) is 82.6 Å². The third-order valence-electron chi connectivity index (χ3n) is 7.30. The van der Waals surface area contributed by atoms with Crippen molar-refractivity contribution in [2.75, 3.05) is 12.4 Å². The van der Waals surface area contributed by atoms with Crippen LogP contribution in [0.4, 0.5) is 5.69 Å². The first-order chi connectivity index (χ1) is 18.1. The summed E-state index contributed by atoms with van der Waals surface area (Å²) < 4.78 is 20.2. The Balaban J connectivity index is 1.92. The summed E-state index contributed by atoms with van der Waals surface area (Å²) >= 11 is 0. The quantitative estimate of drug-likeness (QED) is 0.235. The van der Waals surface area contributed by atoms with Gasteiger partial charge < -0.3 is 10.1 Å². The highest BCUT2D eigenvalue weighted by Crippen LogP contribution is 2.40. The lowest BCUT2D eigenvalue weighted by atomic mass is 9.89. The molecule has 0 saturated carbocycles. The van der Waals surface area contributed by atoms with Crippen LogP contribution in [0.3, 0.4) is 0 Å². The molecule has 0 aliphatic rings. The lowest BCUT2D eigenvalue weighted by Crippen LogP contribution is -2.14. The van der Waals surface area contributed by atoms with Gasteiger partial charge in [0.1, 0.15) is 5.75 Å². The predicted octanol–water partition coefficient (Wildman–Crippen LogP) is 9.56. The number of anilines is 1. The van der Waals surface area contributed by atoms with Crippen molar-refractivity contribution >= 4 is 27.3 Å². The lowest BCUT2D eigenvalue weighted by Gasteiger charge is -2.25. The molecule has 3 nitrogen and oxygen atoms in total. The minimum atomic E-state index is -1.36. The van der Waals surface area contributed by atoms with Crippen LogP contribution in [0.25, 0.3) is 10.8 Å². The van der Waals surface area contributed by atoms with Crippen molar-refractivity contribution in [3.63, 3.8) is 0 Å². The van der Waals surface area contributed by atoms with E-state index in [0.29, 0.717) is 5.92 Å². The third kappa shape index (κ3) is 5.66. The van der Waals surface area contributed by atoms with Gasteiger partial charge in [0.25, 0.3) is 0 Å². The molecule has 0 aromatic heterocycles. The van der Waals surface area contributed by atoms with E-state index < -0.39 is 10.8 Å². The molecular formula is C34H41NO2S. The molecule has 0 fully saturated rings. The van der Waals surface area contributed by atoms with Crippen LogP contribution in [0.1, 0.15) is 94.5 Å². The smallest absolute Gasteiger partial charge is 0.119 e. The van der Waals surface area contributed by atoms with E-state index in [1.165, 1.54) is 16.7 Å². The zero-order chi connectivity index (χ0) is 27.6. The normalized spacial score (nSPS) is 13.3. The number of hydrogen-bond donors (Lipinski definition) is 1. The molecule has 4 heteroatoms. The van der Waals surface area contributed by atoms with Crippen LogP contribution in [0.5, 0.6) is 5.75 Å². The van der Waals surface area contributed by atoms with Gasteiger partial charge in [-0.25, -0.2) is 4.21 Å². The van der Waals surface area contributed by atoms with Crippen LogP contribution in [-0.2, 0) is 10.8 Å². The van der Waals surface area contributed by atoms with E-state index >= 15 is 0 Å². The molecule has 4 aromatic carbocycles. The highest BCUT2D eigenvalue weighted by atomic mass is 32.2. The minimum Gasteiger partial charge on any atom is -0.497 e. The average Bonchev–Trinajstić information content (AvgIpc) is 2.91. The fourth-order valence-corrected chi connectivity index (χ4v) is 7.09. The maximum Gasteiger partial charge on any atom is 0.119 e. The second kappa shape index (κ2) is 11.7. The van der Waals surface area contributed by atoms with E-state index in [4.69, 9.17) is 4.74 Å². The number of fused-ring (bicyclic) bond motifs is 1. The van der Waals surface area contributed by atoms with E-state index in [-0.39, 0.29) is 17.9 Å². The van der Waals surface area contributed by atoms with E-state index in [9.17, 15) is 4.21 Å². The van der Waals surface area contributed by atoms with Crippen molar-refractivity contribution in [2.45, 2.75) is 82.1 Å². The highest BCUT2D eigenvalue weighted by molar-refractivity contribution is 7.85. The Morgan fingerprint density at radius 3 is 1.84 bits per heavy atom. The Bertz CT molecular complexity index is 1410. The largest absolute Gasteiger partial charge is 0.497 e. The second-order valence-corrected chi connectivity index (χ2v) is 12.4. The van der Waals surface area contributed by atoms with Gasteiger partial charge in [-0.2, -0.15) is 0 Å². The zero-order valence-electron chi connectivity index (χ0n) is 24.0. The molecule has 0 aliphatic heterocycles. The zero-order valence-corrected chi connectivity index (χ0v) is 24.8. The Labute approximate surface area is 231 Å². The van der Waals surface area contributed by atoms with E-state index in [0.717, 1.165) is 37.6 Å². The first-order valence-corrected chi connectivity index (χ1v) is 14.8. The minimum absolute atomic E-state index is 0.0492. The molecular weight excluding hydrogens is 486 g/mol. The van der Waals surface area contributed by atoms with Gasteiger partial charge >= 0.3 is 0 Å². The number of benzene rings is 4. The lowest BCUT2D eigenvalue weighted by molar-refractivity contribution is 0.415. The molecule has 0 saturated heterocycles. The van der Waals surface area contributed by atoms with Crippen LogP contribution >= 0.6 is 0 Å². The van der Waals surface area contributed by atoms with Gasteiger partial charge in [0.15, 0.2) is 0 Å². The number of ether oxygens (including phenoxy) is 1. The van der Waals surface area contributed by atoms with Crippen LogP contribution in [-0.4, -0.2) is 11.3 Å². The van der Waals surface area contributed by atoms with Crippen LogP contribution in [0, 0.1) is 0 Å². The Morgan fingerprint density at radius 1 is 0.684 bits per heavy atom. The number of rotatable bonds is 9. The first kappa shape index (κ1) is 27.9. The van der Waals surface area contributed by atoms with Gasteiger partial charge in [-0.05, 0) is 82.0 Å². The maximum absolute atomic E-state index is 14.9. The molecule has 0 aliphatic carbocycles. The summed E-state index contributed by atoms with van der Waals surface area (Å²) in [5.41, 5.74) is 5.73. The van der Waals surface area contributed by atoms with Crippen molar-refractivity contribution in [3.05, 3.63) is 95.1 Å². The van der Waals surface area contributed by atoms with Crippen LogP contribution in [0.2, 0.25) is 0 Å². The Morgan fingerprint density at radius 2 is 1.29 bits per heavy atom. The summed E-state index contributed by atoms with van der Waals surface area (Å²) in [6.45, 7) is 15.4. The summed E-state index contributed by atoms with van der Waals surface area (Å²) in [7, 11) is 0.311. The molecule has 0 amide bonds. The van der Waals surface area contributed by atoms with E-state index in [2.05, 4.69) is 90.2 Å². The molecule has 200 valence electrons. The molecule has 38 heavy (non-hydrogen) atoms. The van der Waals surface area contributed by atoms with Gasteiger partial charge in [0.2, 0.25) is 0 Å². The molecule has 4 aromatic rings. The standard InChI is InChI=1S/C34H41NO2S/c1-21(2)26-19-31(22(3)4)34(32(20-26)23(5)6)38(36)33-29(18-13-25-11-9-10-12-30(25)33)24(7)35-27-14-16-28(37-8)17-15-27/h9-24,35H,1-8H3/t24-,38?/m1/s1. The van der Waals surface area contributed by atoms with Crippen molar-refractivity contribution in [2.24, 2.45) is 0 Å². The average molecular weight is 528 g/mol.